The van der Waals surface area contributed by atoms with Gasteiger partial charge in [-0.05, 0) is 43.2 Å². The zero-order chi connectivity index (χ0) is 20.1. The number of amides is 1. The van der Waals surface area contributed by atoms with Crippen LogP contribution in [0.5, 0.6) is 11.5 Å². The van der Waals surface area contributed by atoms with Crippen molar-refractivity contribution in [1.82, 2.24) is 9.97 Å². The van der Waals surface area contributed by atoms with Crippen LogP contribution < -0.4 is 20.1 Å². The van der Waals surface area contributed by atoms with E-state index in [9.17, 15) is 4.79 Å². The number of aromatic nitrogens is 2. The molecule has 0 aliphatic rings. The van der Waals surface area contributed by atoms with Gasteiger partial charge >= 0.3 is 0 Å². The molecule has 7 heteroatoms. The molecular weight excluding hydrogens is 356 g/mol. The van der Waals surface area contributed by atoms with E-state index >= 15 is 0 Å². The van der Waals surface area contributed by atoms with Crippen LogP contribution in [-0.2, 0) is 0 Å². The Morgan fingerprint density at radius 3 is 2.39 bits per heavy atom. The van der Waals surface area contributed by atoms with Crippen LogP contribution in [0.15, 0.2) is 48.8 Å². The molecule has 0 saturated carbocycles. The predicted molar refractivity (Wildman–Crippen MR) is 109 cm³/mol. The van der Waals surface area contributed by atoms with Crippen LogP contribution in [0, 0.1) is 13.8 Å². The van der Waals surface area contributed by atoms with Crippen LogP contribution >= 0.6 is 0 Å². The maximum atomic E-state index is 12.5. The number of benzene rings is 2. The summed E-state index contributed by atoms with van der Waals surface area (Å²) in [4.78, 5) is 21.0. The summed E-state index contributed by atoms with van der Waals surface area (Å²) >= 11 is 0. The standard InChI is InChI=1S/C21H22N4O3/c1-13-6-5-7-17(14(13)2)25-21-22-11-15(12-23-21)20(26)24-18-9-8-16(27-3)10-19(18)28-4/h5-12H,1-4H3,(H,24,26)(H,22,23,25). The Morgan fingerprint density at radius 1 is 0.964 bits per heavy atom. The fraction of sp³-hybridized carbons (Fsp3) is 0.190. The Labute approximate surface area is 163 Å². The van der Waals surface area contributed by atoms with Crippen molar-refractivity contribution in [3.63, 3.8) is 0 Å². The molecule has 1 aromatic heterocycles. The average molecular weight is 378 g/mol. The summed E-state index contributed by atoms with van der Waals surface area (Å²) in [7, 11) is 3.10. The number of aryl methyl sites for hydroxylation is 1. The highest BCUT2D eigenvalue weighted by Crippen LogP contribution is 2.29. The van der Waals surface area contributed by atoms with Gasteiger partial charge in [0.15, 0.2) is 0 Å². The van der Waals surface area contributed by atoms with Gasteiger partial charge in [0.05, 0.1) is 25.5 Å². The average Bonchev–Trinajstić information content (AvgIpc) is 2.72. The first-order valence-electron chi connectivity index (χ1n) is 8.70. The Kier molecular flexibility index (Phi) is 5.74. The predicted octanol–water partition coefficient (Wildman–Crippen LogP) is 4.11. The Bertz CT molecular complexity index is 987. The molecule has 3 aromatic rings. The fourth-order valence-electron chi connectivity index (χ4n) is 2.61. The second kappa shape index (κ2) is 8.39. The Hall–Kier alpha value is -3.61. The lowest BCUT2D eigenvalue weighted by molar-refractivity contribution is 0.102. The highest BCUT2D eigenvalue weighted by molar-refractivity contribution is 6.04. The molecule has 0 saturated heterocycles. The summed E-state index contributed by atoms with van der Waals surface area (Å²) in [6.45, 7) is 4.07. The third-order valence-electron chi connectivity index (χ3n) is 4.42. The summed E-state index contributed by atoms with van der Waals surface area (Å²) < 4.78 is 10.5. The monoisotopic (exact) mass is 378 g/mol. The van der Waals surface area contributed by atoms with Gasteiger partial charge in [0, 0.05) is 24.1 Å². The summed E-state index contributed by atoms with van der Waals surface area (Å²) in [6, 6.07) is 11.1. The molecule has 1 amide bonds. The van der Waals surface area contributed by atoms with E-state index in [0.29, 0.717) is 28.7 Å². The number of anilines is 3. The number of nitrogens with one attached hydrogen (secondary N) is 2. The molecule has 0 radical (unpaired) electrons. The van der Waals surface area contributed by atoms with Gasteiger partial charge in [-0.2, -0.15) is 0 Å². The molecule has 0 atom stereocenters. The van der Waals surface area contributed by atoms with Crippen molar-refractivity contribution in [2.45, 2.75) is 13.8 Å². The van der Waals surface area contributed by atoms with E-state index in [-0.39, 0.29) is 5.91 Å². The number of rotatable bonds is 6. The van der Waals surface area contributed by atoms with E-state index in [1.54, 1.807) is 25.3 Å². The molecule has 144 valence electrons. The summed E-state index contributed by atoms with van der Waals surface area (Å²) in [5, 5.41) is 5.97. The zero-order valence-corrected chi connectivity index (χ0v) is 16.2. The first-order valence-corrected chi connectivity index (χ1v) is 8.70. The highest BCUT2D eigenvalue weighted by atomic mass is 16.5. The first-order chi connectivity index (χ1) is 13.5. The van der Waals surface area contributed by atoms with Crippen molar-refractivity contribution in [1.29, 1.82) is 0 Å². The topological polar surface area (TPSA) is 85.4 Å². The van der Waals surface area contributed by atoms with Gasteiger partial charge in [0.25, 0.3) is 5.91 Å². The maximum Gasteiger partial charge on any atom is 0.258 e. The molecular formula is C21H22N4O3. The van der Waals surface area contributed by atoms with E-state index in [0.717, 1.165) is 11.3 Å². The zero-order valence-electron chi connectivity index (χ0n) is 16.2. The third-order valence-corrected chi connectivity index (χ3v) is 4.42. The van der Waals surface area contributed by atoms with Crippen molar-refractivity contribution in [2.75, 3.05) is 24.9 Å². The number of hydrogen-bond acceptors (Lipinski definition) is 6. The minimum Gasteiger partial charge on any atom is -0.497 e. The number of nitrogens with zero attached hydrogens (tertiary/aromatic N) is 2. The Morgan fingerprint density at radius 2 is 1.71 bits per heavy atom. The molecule has 0 aliphatic heterocycles. The van der Waals surface area contributed by atoms with Gasteiger partial charge in [-0.1, -0.05) is 12.1 Å². The van der Waals surface area contributed by atoms with Crippen molar-refractivity contribution in [3.05, 3.63) is 65.5 Å². The SMILES string of the molecule is COc1ccc(NC(=O)c2cnc(Nc3cccc(C)c3C)nc2)c(OC)c1. The fourth-order valence-corrected chi connectivity index (χ4v) is 2.61. The largest absolute Gasteiger partial charge is 0.497 e. The van der Waals surface area contributed by atoms with Crippen molar-refractivity contribution < 1.29 is 14.3 Å². The quantitative estimate of drug-likeness (QED) is 0.671. The Balaban J connectivity index is 1.73. The highest BCUT2D eigenvalue weighted by Gasteiger charge is 2.12. The lowest BCUT2D eigenvalue weighted by Gasteiger charge is -2.12. The molecule has 0 fully saturated rings. The van der Waals surface area contributed by atoms with Gasteiger partial charge < -0.3 is 20.1 Å². The molecule has 0 bridgehead atoms. The minimum absolute atomic E-state index is 0.332. The van der Waals surface area contributed by atoms with E-state index in [1.165, 1.54) is 25.1 Å². The van der Waals surface area contributed by atoms with Crippen LogP contribution in [0.2, 0.25) is 0 Å². The molecule has 1 heterocycles. The smallest absolute Gasteiger partial charge is 0.258 e. The van der Waals surface area contributed by atoms with Crippen LogP contribution in [0.4, 0.5) is 17.3 Å². The van der Waals surface area contributed by atoms with Crippen LogP contribution in [0.25, 0.3) is 0 Å². The number of carbonyl (C=O) groups is 1. The first kappa shape index (κ1) is 19.2. The molecule has 2 aromatic carbocycles. The van der Waals surface area contributed by atoms with Gasteiger partial charge in [-0.3, -0.25) is 4.79 Å². The third kappa shape index (κ3) is 4.20. The van der Waals surface area contributed by atoms with Crippen molar-refractivity contribution >= 4 is 23.2 Å². The normalized spacial score (nSPS) is 10.3. The van der Waals surface area contributed by atoms with Crippen LogP contribution in [0.3, 0.4) is 0 Å². The molecule has 0 aliphatic carbocycles. The summed E-state index contributed by atoms with van der Waals surface area (Å²) in [6.07, 6.45) is 2.96. The molecule has 2 N–H and O–H groups in total. The van der Waals surface area contributed by atoms with Gasteiger partial charge in [0.1, 0.15) is 11.5 Å². The number of hydrogen-bond donors (Lipinski definition) is 2. The summed E-state index contributed by atoms with van der Waals surface area (Å²) in [5.74, 6) is 1.23. The van der Waals surface area contributed by atoms with Crippen LogP contribution in [0.1, 0.15) is 21.5 Å². The van der Waals surface area contributed by atoms with Gasteiger partial charge in [-0.25, -0.2) is 9.97 Å². The number of carbonyl (C=O) groups excluding carboxylic acids is 1. The number of methoxy groups -OCH3 is 2. The van der Waals surface area contributed by atoms with Gasteiger partial charge in [0.2, 0.25) is 5.95 Å². The van der Waals surface area contributed by atoms with Crippen LogP contribution in [-0.4, -0.2) is 30.1 Å². The van der Waals surface area contributed by atoms with E-state index in [4.69, 9.17) is 9.47 Å². The van der Waals surface area contributed by atoms with Crippen molar-refractivity contribution in [2.24, 2.45) is 0 Å². The lowest BCUT2D eigenvalue weighted by Crippen LogP contribution is -2.14. The minimum atomic E-state index is -0.332. The molecule has 3 rings (SSSR count). The molecule has 0 unspecified atom stereocenters. The van der Waals surface area contributed by atoms with E-state index in [1.807, 2.05) is 32.0 Å². The molecule has 28 heavy (non-hydrogen) atoms. The van der Waals surface area contributed by atoms with Crippen molar-refractivity contribution in [3.8, 4) is 11.5 Å². The van der Waals surface area contributed by atoms with E-state index in [2.05, 4.69) is 20.6 Å². The number of ether oxygens (including phenoxy) is 2. The maximum absolute atomic E-state index is 12.5. The van der Waals surface area contributed by atoms with Gasteiger partial charge in [-0.15, -0.1) is 0 Å². The second-order valence-electron chi connectivity index (χ2n) is 6.19. The second-order valence-corrected chi connectivity index (χ2v) is 6.19. The summed E-state index contributed by atoms with van der Waals surface area (Å²) in [5.41, 5.74) is 4.10. The lowest BCUT2D eigenvalue weighted by atomic mass is 10.1. The molecule has 7 nitrogen and oxygen atoms in total. The molecule has 0 spiro atoms. The van der Waals surface area contributed by atoms with E-state index < -0.39 is 0 Å².